The number of rotatable bonds is 6. The summed E-state index contributed by atoms with van der Waals surface area (Å²) in [6.45, 7) is 1.12. The SMILES string of the molecule is CN(C(=O)/C=C\c1ccc2c(c1)OCO2)[C@H](C(=O)Nc1ccc2c(c1)OCCO2)c1ccccc1. The van der Waals surface area contributed by atoms with Crippen molar-refractivity contribution >= 4 is 23.6 Å². The maximum absolute atomic E-state index is 13.4. The molecule has 0 spiro atoms. The molecule has 3 aromatic rings. The van der Waals surface area contributed by atoms with Crippen LogP contribution in [0.3, 0.4) is 0 Å². The van der Waals surface area contributed by atoms with Crippen molar-refractivity contribution in [1.29, 1.82) is 0 Å². The molecule has 3 aromatic carbocycles. The van der Waals surface area contributed by atoms with E-state index in [4.69, 9.17) is 18.9 Å². The number of carbonyl (C=O) groups excluding carboxylic acids is 2. The molecular formula is C27H24N2O6. The van der Waals surface area contributed by atoms with Crippen molar-refractivity contribution in [2.75, 3.05) is 32.4 Å². The molecule has 0 unspecified atom stereocenters. The minimum Gasteiger partial charge on any atom is -0.486 e. The van der Waals surface area contributed by atoms with Gasteiger partial charge < -0.3 is 29.2 Å². The zero-order valence-electron chi connectivity index (χ0n) is 19.1. The maximum atomic E-state index is 13.4. The molecule has 1 N–H and O–H groups in total. The first-order chi connectivity index (χ1) is 17.1. The van der Waals surface area contributed by atoms with E-state index in [1.165, 1.54) is 11.0 Å². The highest BCUT2D eigenvalue weighted by atomic mass is 16.7. The molecule has 5 rings (SSSR count). The summed E-state index contributed by atoms with van der Waals surface area (Å²) in [6, 6.07) is 19.0. The van der Waals surface area contributed by atoms with Crippen LogP contribution in [0.15, 0.2) is 72.8 Å². The molecular weight excluding hydrogens is 448 g/mol. The predicted molar refractivity (Wildman–Crippen MR) is 130 cm³/mol. The number of nitrogens with one attached hydrogen (secondary N) is 1. The number of hydrogen-bond donors (Lipinski definition) is 1. The monoisotopic (exact) mass is 472 g/mol. The molecule has 2 amide bonds. The van der Waals surface area contributed by atoms with E-state index in [2.05, 4.69) is 5.32 Å². The van der Waals surface area contributed by atoms with Crippen LogP contribution in [0.5, 0.6) is 23.0 Å². The Morgan fingerprint density at radius 1 is 0.857 bits per heavy atom. The van der Waals surface area contributed by atoms with E-state index in [9.17, 15) is 9.59 Å². The molecule has 0 aliphatic carbocycles. The molecule has 0 radical (unpaired) electrons. The second-order valence-corrected chi connectivity index (χ2v) is 8.06. The van der Waals surface area contributed by atoms with Crippen LogP contribution in [0, 0.1) is 0 Å². The Morgan fingerprint density at radius 3 is 2.37 bits per heavy atom. The number of benzene rings is 3. The molecule has 0 aromatic heterocycles. The van der Waals surface area contributed by atoms with Gasteiger partial charge in [0.15, 0.2) is 23.0 Å². The fourth-order valence-corrected chi connectivity index (χ4v) is 3.95. The first-order valence-electron chi connectivity index (χ1n) is 11.2. The van der Waals surface area contributed by atoms with Crippen LogP contribution in [0.25, 0.3) is 6.08 Å². The summed E-state index contributed by atoms with van der Waals surface area (Å²) >= 11 is 0. The van der Waals surface area contributed by atoms with E-state index in [1.807, 2.05) is 36.4 Å². The van der Waals surface area contributed by atoms with Gasteiger partial charge in [0.2, 0.25) is 12.7 Å². The van der Waals surface area contributed by atoms with E-state index in [-0.39, 0.29) is 18.6 Å². The highest BCUT2D eigenvalue weighted by molar-refractivity contribution is 6.00. The van der Waals surface area contributed by atoms with Gasteiger partial charge in [-0.2, -0.15) is 0 Å². The van der Waals surface area contributed by atoms with Gasteiger partial charge in [-0.1, -0.05) is 36.4 Å². The topological polar surface area (TPSA) is 86.3 Å². The fourth-order valence-electron chi connectivity index (χ4n) is 3.95. The summed E-state index contributed by atoms with van der Waals surface area (Å²) in [5.41, 5.74) is 2.03. The standard InChI is InChI=1S/C27H24N2O6/c1-29(25(30)12-8-18-7-10-22-23(15-18)35-17-34-22)26(19-5-3-2-4-6-19)27(31)28-20-9-11-21-24(16-20)33-14-13-32-21/h2-12,15-16,26H,13-14,17H2,1H3,(H,28,31)/b12-8-/t26-/m0/s1. The average Bonchev–Trinajstić information content (AvgIpc) is 3.36. The van der Waals surface area contributed by atoms with Gasteiger partial charge in [-0.25, -0.2) is 0 Å². The van der Waals surface area contributed by atoms with Crippen LogP contribution in [0.4, 0.5) is 5.69 Å². The van der Waals surface area contributed by atoms with Gasteiger partial charge in [0.1, 0.15) is 19.3 Å². The molecule has 8 nitrogen and oxygen atoms in total. The lowest BCUT2D eigenvalue weighted by Gasteiger charge is -2.27. The molecule has 35 heavy (non-hydrogen) atoms. The smallest absolute Gasteiger partial charge is 0.251 e. The van der Waals surface area contributed by atoms with E-state index < -0.39 is 6.04 Å². The lowest BCUT2D eigenvalue weighted by atomic mass is 10.0. The number of fused-ring (bicyclic) bond motifs is 2. The predicted octanol–water partition coefficient (Wildman–Crippen LogP) is 4.04. The third kappa shape index (κ3) is 4.91. The number of likely N-dealkylation sites (N-methyl/N-ethyl adjacent to an activating group) is 1. The van der Waals surface area contributed by atoms with Crippen molar-refractivity contribution < 1.29 is 28.5 Å². The van der Waals surface area contributed by atoms with Crippen molar-refractivity contribution in [2.45, 2.75) is 6.04 Å². The summed E-state index contributed by atoms with van der Waals surface area (Å²) in [5, 5.41) is 2.91. The molecule has 2 aliphatic heterocycles. The molecule has 1 atom stereocenters. The first-order valence-corrected chi connectivity index (χ1v) is 11.2. The summed E-state index contributed by atoms with van der Waals surface area (Å²) in [6.07, 6.45) is 3.12. The minimum atomic E-state index is -0.849. The Labute approximate surface area is 202 Å². The summed E-state index contributed by atoms with van der Waals surface area (Å²) in [4.78, 5) is 27.9. The molecule has 0 fully saturated rings. The zero-order chi connectivity index (χ0) is 24.2. The van der Waals surface area contributed by atoms with Crippen molar-refractivity contribution in [2.24, 2.45) is 0 Å². The quantitative estimate of drug-likeness (QED) is 0.545. The molecule has 8 heteroatoms. The fraction of sp³-hybridized carbons (Fsp3) is 0.185. The summed E-state index contributed by atoms with van der Waals surface area (Å²) < 4.78 is 21.9. The molecule has 178 valence electrons. The third-order valence-corrected chi connectivity index (χ3v) is 5.72. The normalized spacial score (nSPS) is 14.4. The summed E-state index contributed by atoms with van der Waals surface area (Å²) in [5.74, 6) is 1.84. The first kappa shape index (κ1) is 22.3. The van der Waals surface area contributed by atoms with Crippen LogP contribution in [0.1, 0.15) is 17.2 Å². The van der Waals surface area contributed by atoms with Crippen LogP contribution in [-0.4, -0.2) is 43.8 Å². The molecule has 0 saturated carbocycles. The minimum absolute atomic E-state index is 0.182. The number of anilines is 1. The number of nitrogens with zero attached hydrogens (tertiary/aromatic N) is 1. The number of carbonyl (C=O) groups is 2. The van der Waals surface area contributed by atoms with Gasteiger partial charge in [-0.3, -0.25) is 9.59 Å². The van der Waals surface area contributed by atoms with E-state index in [0.717, 1.165) is 5.56 Å². The van der Waals surface area contributed by atoms with Crippen molar-refractivity contribution in [1.82, 2.24) is 4.90 Å². The van der Waals surface area contributed by atoms with Gasteiger partial charge in [0, 0.05) is 24.9 Å². The molecule has 2 aliphatic rings. The Morgan fingerprint density at radius 2 is 1.54 bits per heavy atom. The van der Waals surface area contributed by atoms with Gasteiger partial charge in [0.25, 0.3) is 5.91 Å². The van der Waals surface area contributed by atoms with Gasteiger partial charge in [0.05, 0.1) is 0 Å². The number of hydrogen-bond acceptors (Lipinski definition) is 6. The molecule has 0 bridgehead atoms. The Hall–Kier alpha value is -4.46. The van der Waals surface area contributed by atoms with Crippen molar-refractivity contribution in [3.05, 3.63) is 83.9 Å². The van der Waals surface area contributed by atoms with Crippen LogP contribution < -0.4 is 24.3 Å². The number of amides is 2. The lowest BCUT2D eigenvalue weighted by molar-refractivity contribution is -0.133. The van der Waals surface area contributed by atoms with Crippen LogP contribution in [0.2, 0.25) is 0 Å². The van der Waals surface area contributed by atoms with Crippen LogP contribution in [-0.2, 0) is 9.59 Å². The highest BCUT2D eigenvalue weighted by Gasteiger charge is 2.28. The average molecular weight is 472 g/mol. The highest BCUT2D eigenvalue weighted by Crippen LogP contribution is 2.34. The number of ether oxygens (including phenoxy) is 4. The van der Waals surface area contributed by atoms with Crippen molar-refractivity contribution in [3.8, 4) is 23.0 Å². The Bertz CT molecular complexity index is 1270. The Kier molecular flexibility index (Phi) is 6.26. The van der Waals surface area contributed by atoms with E-state index in [1.54, 1.807) is 43.5 Å². The Balaban J connectivity index is 1.35. The maximum Gasteiger partial charge on any atom is 0.251 e. The molecule has 0 saturated heterocycles. The van der Waals surface area contributed by atoms with E-state index in [0.29, 0.717) is 47.5 Å². The summed E-state index contributed by atoms with van der Waals surface area (Å²) in [7, 11) is 1.60. The van der Waals surface area contributed by atoms with Gasteiger partial charge >= 0.3 is 0 Å². The van der Waals surface area contributed by atoms with Crippen molar-refractivity contribution in [3.63, 3.8) is 0 Å². The largest absolute Gasteiger partial charge is 0.486 e. The second kappa shape index (κ2) is 9.80. The van der Waals surface area contributed by atoms with Gasteiger partial charge in [-0.15, -0.1) is 0 Å². The second-order valence-electron chi connectivity index (χ2n) is 8.06. The third-order valence-electron chi connectivity index (χ3n) is 5.72. The zero-order valence-corrected chi connectivity index (χ0v) is 19.1. The van der Waals surface area contributed by atoms with Crippen LogP contribution >= 0.6 is 0 Å². The van der Waals surface area contributed by atoms with E-state index >= 15 is 0 Å². The van der Waals surface area contributed by atoms with Gasteiger partial charge in [-0.05, 0) is 41.5 Å². The molecule has 2 heterocycles. The lowest BCUT2D eigenvalue weighted by Crippen LogP contribution is -2.37.